The fraction of sp³-hybridized carbons (Fsp3) is 0.696. The third-order valence-electron chi connectivity index (χ3n) is 5.52. The van der Waals surface area contributed by atoms with E-state index in [4.69, 9.17) is 4.99 Å². The zero-order valence-corrected chi connectivity index (χ0v) is 21.2. The first-order valence-electron chi connectivity index (χ1n) is 11.2. The molecule has 6 heteroatoms. The van der Waals surface area contributed by atoms with Crippen LogP contribution >= 0.6 is 24.0 Å². The number of piperazine rings is 1. The molecule has 1 aliphatic heterocycles. The first kappa shape index (κ1) is 26.2. The van der Waals surface area contributed by atoms with Crippen molar-refractivity contribution in [2.75, 3.05) is 58.9 Å². The Bertz CT molecular complexity index is 565. The van der Waals surface area contributed by atoms with Gasteiger partial charge in [0.25, 0.3) is 0 Å². The number of halogens is 1. The number of likely N-dealkylation sites (N-methyl/N-ethyl adjacent to an activating group) is 1. The van der Waals surface area contributed by atoms with E-state index in [1.807, 2.05) is 0 Å². The first-order valence-corrected chi connectivity index (χ1v) is 11.2. The van der Waals surface area contributed by atoms with Gasteiger partial charge in [0.2, 0.25) is 0 Å². The summed E-state index contributed by atoms with van der Waals surface area (Å²) in [6.45, 7) is 18.6. The topological polar surface area (TPSA) is 42.9 Å². The van der Waals surface area contributed by atoms with Gasteiger partial charge in [-0.1, -0.05) is 45.0 Å². The van der Waals surface area contributed by atoms with Gasteiger partial charge in [0.05, 0.1) is 0 Å². The average molecular weight is 516 g/mol. The summed E-state index contributed by atoms with van der Waals surface area (Å²) in [7, 11) is 0. The van der Waals surface area contributed by atoms with Gasteiger partial charge in [0, 0.05) is 52.4 Å². The van der Waals surface area contributed by atoms with Crippen LogP contribution < -0.4 is 10.6 Å². The van der Waals surface area contributed by atoms with E-state index in [0.717, 1.165) is 45.0 Å². The number of nitrogens with one attached hydrogen (secondary N) is 2. The molecule has 1 heterocycles. The van der Waals surface area contributed by atoms with Gasteiger partial charge in [0.15, 0.2) is 5.96 Å². The molecule has 5 nitrogen and oxygen atoms in total. The average Bonchev–Trinajstić information content (AvgIpc) is 2.72. The summed E-state index contributed by atoms with van der Waals surface area (Å²) in [5, 5.41) is 6.86. The van der Waals surface area contributed by atoms with Crippen LogP contribution in [-0.4, -0.2) is 74.7 Å². The van der Waals surface area contributed by atoms with Crippen molar-refractivity contribution in [2.24, 2.45) is 4.99 Å². The van der Waals surface area contributed by atoms with Crippen LogP contribution in [-0.2, 0) is 6.42 Å². The van der Waals surface area contributed by atoms with Crippen molar-refractivity contribution < 1.29 is 0 Å². The molecule has 0 aromatic heterocycles. The maximum atomic E-state index is 4.75. The molecule has 29 heavy (non-hydrogen) atoms. The zero-order valence-electron chi connectivity index (χ0n) is 18.9. The Morgan fingerprint density at radius 3 is 2.24 bits per heavy atom. The lowest BCUT2D eigenvalue weighted by Gasteiger charge is -2.34. The molecule has 0 aliphatic carbocycles. The summed E-state index contributed by atoms with van der Waals surface area (Å²) >= 11 is 0. The second kappa shape index (κ2) is 15.0. The van der Waals surface area contributed by atoms with E-state index in [1.54, 1.807) is 0 Å². The van der Waals surface area contributed by atoms with Gasteiger partial charge in [0.1, 0.15) is 0 Å². The van der Waals surface area contributed by atoms with Crippen molar-refractivity contribution >= 4 is 29.9 Å². The SMILES string of the molecule is CCNC(=NCCCc1ccc(C(C)C)cc1)NCCN1CCN(CC)CC1.I. The minimum atomic E-state index is 0. The van der Waals surface area contributed by atoms with E-state index in [0.29, 0.717) is 5.92 Å². The molecule has 2 N–H and O–H groups in total. The molecule has 1 aromatic carbocycles. The minimum Gasteiger partial charge on any atom is -0.357 e. The van der Waals surface area contributed by atoms with E-state index in [9.17, 15) is 0 Å². The summed E-state index contributed by atoms with van der Waals surface area (Å²) in [6.07, 6.45) is 2.17. The van der Waals surface area contributed by atoms with Crippen LogP contribution in [0, 0.1) is 0 Å². The number of aliphatic imine (C=N–C) groups is 1. The van der Waals surface area contributed by atoms with Crippen LogP contribution in [0.15, 0.2) is 29.3 Å². The standard InChI is InChI=1S/C23H41N5.HI/c1-5-24-23(26-14-15-28-18-16-27(6-2)17-19-28)25-13-7-8-21-9-11-22(12-10-21)20(3)4;/h9-12,20H,5-8,13-19H2,1-4H3,(H2,24,25,26);1H. The van der Waals surface area contributed by atoms with Crippen LogP contribution in [0.2, 0.25) is 0 Å². The van der Waals surface area contributed by atoms with Crippen LogP contribution in [0.5, 0.6) is 0 Å². The Labute approximate surface area is 195 Å². The molecule has 0 unspecified atom stereocenters. The predicted octanol–water partition coefficient (Wildman–Crippen LogP) is 3.55. The molecular formula is C23H42IN5. The molecule has 1 aliphatic rings. The third-order valence-corrected chi connectivity index (χ3v) is 5.52. The van der Waals surface area contributed by atoms with Crippen molar-refractivity contribution in [3.05, 3.63) is 35.4 Å². The number of aryl methyl sites for hydroxylation is 1. The Morgan fingerprint density at radius 1 is 1.00 bits per heavy atom. The van der Waals surface area contributed by atoms with Gasteiger partial charge in [-0.05, 0) is 43.4 Å². The quantitative estimate of drug-likeness (QED) is 0.217. The Kier molecular flexibility index (Phi) is 13.6. The number of rotatable bonds is 10. The van der Waals surface area contributed by atoms with Gasteiger partial charge < -0.3 is 15.5 Å². The Hall–Kier alpha value is -0.860. The van der Waals surface area contributed by atoms with Gasteiger partial charge in [-0.3, -0.25) is 9.89 Å². The van der Waals surface area contributed by atoms with Crippen LogP contribution in [0.4, 0.5) is 0 Å². The zero-order chi connectivity index (χ0) is 20.2. The van der Waals surface area contributed by atoms with Gasteiger partial charge in [-0.2, -0.15) is 0 Å². The van der Waals surface area contributed by atoms with Crippen molar-refractivity contribution in [1.82, 2.24) is 20.4 Å². The molecule has 0 spiro atoms. The summed E-state index contributed by atoms with van der Waals surface area (Å²) in [5.41, 5.74) is 2.82. The van der Waals surface area contributed by atoms with E-state index in [2.05, 4.69) is 72.4 Å². The maximum Gasteiger partial charge on any atom is 0.191 e. The fourth-order valence-electron chi connectivity index (χ4n) is 3.55. The second-order valence-electron chi connectivity index (χ2n) is 7.96. The van der Waals surface area contributed by atoms with Crippen molar-refractivity contribution in [2.45, 2.75) is 46.5 Å². The lowest BCUT2D eigenvalue weighted by Crippen LogP contribution is -2.49. The molecule has 0 atom stereocenters. The van der Waals surface area contributed by atoms with Gasteiger partial charge in [-0.15, -0.1) is 24.0 Å². The number of nitrogens with zero attached hydrogens (tertiary/aromatic N) is 3. The molecule has 0 radical (unpaired) electrons. The highest BCUT2D eigenvalue weighted by Crippen LogP contribution is 2.15. The Morgan fingerprint density at radius 2 is 1.66 bits per heavy atom. The molecule has 1 saturated heterocycles. The van der Waals surface area contributed by atoms with Crippen molar-refractivity contribution in [1.29, 1.82) is 0 Å². The largest absolute Gasteiger partial charge is 0.357 e. The van der Waals surface area contributed by atoms with Crippen LogP contribution in [0.1, 0.15) is 51.2 Å². The molecule has 0 amide bonds. The summed E-state index contributed by atoms with van der Waals surface area (Å²) < 4.78 is 0. The lowest BCUT2D eigenvalue weighted by molar-refractivity contribution is 0.139. The normalized spacial score (nSPS) is 16.0. The fourth-order valence-corrected chi connectivity index (χ4v) is 3.55. The molecule has 0 saturated carbocycles. The van der Waals surface area contributed by atoms with Crippen LogP contribution in [0.25, 0.3) is 0 Å². The molecule has 166 valence electrons. The first-order chi connectivity index (χ1) is 13.6. The van der Waals surface area contributed by atoms with Crippen molar-refractivity contribution in [3.63, 3.8) is 0 Å². The second-order valence-corrected chi connectivity index (χ2v) is 7.96. The third kappa shape index (κ3) is 10.1. The van der Waals surface area contributed by atoms with E-state index < -0.39 is 0 Å². The molecule has 2 rings (SSSR count). The molecular weight excluding hydrogens is 473 g/mol. The minimum absolute atomic E-state index is 0. The number of hydrogen-bond acceptors (Lipinski definition) is 3. The van der Waals surface area contributed by atoms with Gasteiger partial charge in [-0.25, -0.2) is 0 Å². The van der Waals surface area contributed by atoms with Crippen molar-refractivity contribution in [3.8, 4) is 0 Å². The van der Waals surface area contributed by atoms with Gasteiger partial charge >= 0.3 is 0 Å². The lowest BCUT2D eigenvalue weighted by atomic mass is 10.0. The summed E-state index contributed by atoms with van der Waals surface area (Å²) in [5.74, 6) is 1.55. The van der Waals surface area contributed by atoms with E-state index in [1.165, 1.54) is 43.9 Å². The highest BCUT2D eigenvalue weighted by molar-refractivity contribution is 14.0. The van der Waals surface area contributed by atoms with Crippen LogP contribution in [0.3, 0.4) is 0 Å². The highest BCUT2D eigenvalue weighted by Gasteiger charge is 2.14. The molecule has 0 bridgehead atoms. The predicted molar refractivity (Wildman–Crippen MR) is 137 cm³/mol. The summed E-state index contributed by atoms with van der Waals surface area (Å²) in [4.78, 5) is 9.81. The smallest absolute Gasteiger partial charge is 0.191 e. The maximum absolute atomic E-state index is 4.75. The number of benzene rings is 1. The van der Waals surface area contributed by atoms with E-state index in [-0.39, 0.29) is 24.0 Å². The van der Waals surface area contributed by atoms with E-state index >= 15 is 0 Å². The molecule has 1 fully saturated rings. The summed E-state index contributed by atoms with van der Waals surface area (Å²) in [6, 6.07) is 9.05. The Balaban J connectivity index is 0.00000420. The monoisotopic (exact) mass is 515 g/mol. The number of hydrogen-bond donors (Lipinski definition) is 2. The number of guanidine groups is 1. The molecule has 1 aromatic rings. The highest BCUT2D eigenvalue weighted by atomic mass is 127.